The molecule has 2 aliphatic carbocycles. The van der Waals surface area contributed by atoms with E-state index in [0.717, 1.165) is 29.6 Å². The van der Waals surface area contributed by atoms with E-state index in [-0.39, 0.29) is 16.6 Å². The molecule has 0 bridgehead atoms. The third-order valence-electron chi connectivity index (χ3n) is 6.31. The zero-order valence-electron chi connectivity index (χ0n) is 17.3. The summed E-state index contributed by atoms with van der Waals surface area (Å²) in [6.07, 6.45) is 7.90. The Morgan fingerprint density at radius 2 is 1.63 bits per heavy atom. The molecule has 0 radical (unpaired) electrons. The highest BCUT2D eigenvalue weighted by atomic mass is 19.2. The monoisotopic (exact) mass is 370 g/mol. The van der Waals surface area contributed by atoms with Crippen molar-refractivity contribution in [3.63, 3.8) is 0 Å². The molecule has 1 fully saturated rings. The van der Waals surface area contributed by atoms with E-state index < -0.39 is 11.8 Å². The number of rotatable bonds is 3. The molecule has 2 atom stereocenters. The number of alkyl halides is 1. The van der Waals surface area contributed by atoms with Crippen LogP contribution in [0.3, 0.4) is 0 Å². The van der Waals surface area contributed by atoms with Crippen molar-refractivity contribution < 1.29 is 14.2 Å². The summed E-state index contributed by atoms with van der Waals surface area (Å²) in [5.41, 5.74) is 4.11. The van der Waals surface area contributed by atoms with Crippen LogP contribution in [-0.2, 0) is 4.74 Å². The van der Waals surface area contributed by atoms with Crippen LogP contribution >= 0.6 is 0 Å². The first kappa shape index (κ1) is 19.9. The van der Waals surface area contributed by atoms with Crippen LogP contribution in [0.1, 0.15) is 53.0 Å². The SMILES string of the molecule is COC1(F)C=C2C(=CC1C(C)=Cc1ccc(O)cc1)C(C)(C)CCC2(C)C. The molecule has 0 heterocycles. The number of aromatic hydroxyl groups is 1. The number of phenolic OH excluding ortho intramolecular Hbond substituents is 1. The Labute approximate surface area is 162 Å². The predicted octanol–water partition coefficient (Wildman–Crippen LogP) is 6.44. The molecule has 2 unspecified atom stereocenters. The van der Waals surface area contributed by atoms with Gasteiger partial charge >= 0.3 is 0 Å². The third kappa shape index (κ3) is 3.62. The fourth-order valence-corrected chi connectivity index (χ4v) is 4.33. The van der Waals surface area contributed by atoms with Gasteiger partial charge in [-0.3, -0.25) is 0 Å². The van der Waals surface area contributed by atoms with Crippen molar-refractivity contribution in [3.05, 3.63) is 58.7 Å². The lowest BCUT2D eigenvalue weighted by Crippen LogP contribution is -2.42. The maximum Gasteiger partial charge on any atom is 0.238 e. The van der Waals surface area contributed by atoms with Gasteiger partial charge in [0.1, 0.15) is 5.75 Å². The Morgan fingerprint density at radius 1 is 1.07 bits per heavy atom. The number of fused-ring (bicyclic) bond motifs is 1. The molecule has 0 saturated heterocycles. The summed E-state index contributed by atoms with van der Waals surface area (Å²) in [4.78, 5) is 0. The molecule has 0 aromatic heterocycles. The van der Waals surface area contributed by atoms with E-state index in [0.29, 0.717) is 0 Å². The van der Waals surface area contributed by atoms with Gasteiger partial charge in [-0.15, -0.1) is 0 Å². The van der Waals surface area contributed by atoms with Crippen LogP contribution in [0.15, 0.2) is 53.1 Å². The molecule has 1 aromatic carbocycles. The van der Waals surface area contributed by atoms with Crippen LogP contribution in [0.5, 0.6) is 5.75 Å². The van der Waals surface area contributed by atoms with Crippen LogP contribution in [0.4, 0.5) is 4.39 Å². The summed E-state index contributed by atoms with van der Waals surface area (Å²) in [5, 5.41) is 9.48. The first-order valence-electron chi connectivity index (χ1n) is 9.66. The van der Waals surface area contributed by atoms with Gasteiger partial charge in [0.2, 0.25) is 5.85 Å². The summed E-state index contributed by atoms with van der Waals surface area (Å²) < 4.78 is 21.3. The molecule has 0 spiro atoms. The van der Waals surface area contributed by atoms with Crippen LogP contribution < -0.4 is 0 Å². The van der Waals surface area contributed by atoms with Crippen molar-refractivity contribution in [3.8, 4) is 5.75 Å². The summed E-state index contributed by atoms with van der Waals surface area (Å²) >= 11 is 0. The minimum absolute atomic E-state index is 0.0213. The molecule has 0 aliphatic heterocycles. The smallest absolute Gasteiger partial charge is 0.238 e. The van der Waals surface area contributed by atoms with Crippen molar-refractivity contribution in [2.45, 2.75) is 53.3 Å². The minimum atomic E-state index is -1.86. The third-order valence-corrected chi connectivity index (χ3v) is 6.31. The zero-order chi connectivity index (χ0) is 20.0. The predicted molar refractivity (Wildman–Crippen MR) is 109 cm³/mol. The van der Waals surface area contributed by atoms with Crippen molar-refractivity contribution in [1.29, 1.82) is 0 Å². The van der Waals surface area contributed by atoms with E-state index in [2.05, 4.69) is 33.8 Å². The summed E-state index contributed by atoms with van der Waals surface area (Å²) in [6, 6.07) is 6.94. The number of benzene rings is 1. The highest BCUT2D eigenvalue weighted by Crippen LogP contribution is 2.56. The van der Waals surface area contributed by atoms with Gasteiger partial charge in [-0.2, -0.15) is 0 Å². The van der Waals surface area contributed by atoms with Gasteiger partial charge in [0, 0.05) is 7.11 Å². The number of hydrogen-bond donors (Lipinski definition) is 1. The fourth-order valence-electron chi connectivity index (χ4n) is 4.33. The molecule has 1 aromatic rings. The van der Waals surface area contributed by atoms with Crippen molar-refractivity contribution in [2.24, 2.45) is 16.7 Å². The van der Waals surface area contributed by atoms with Crippen LogP contribution in [0.25, 0.3) is 6.08 Å². The molecule has 2 aliphatic rings. The van der Waals surface area contributed by atoms with Gasteiger partial charge in [0.15, 0.2) is 0 Å². The molecule has 3 rings (SSSR count). The van der Waals surface area contributed by atoms with Gasteiger partial charge in [-0.25, -0.2) is 4.39 Å². The van der Waals surface area contributed by atoms with E-state index >= 15 is 4.39 Å². The molecule has 1 saturated carbocycles. The number of halogens is 1. The van der Waals surface area contributed by atoms with Gasteiger partial charge < -0.3 is 9.84 Å². The molecular weight excluding hydrogens is 339 g/mol. The molecular formula is C24H31FO2. The first-order valence-corrected chi connectivity index (χ1v) is 9.66. The fraction of sp³-hybridized carbons (Fsp3) is 0.500. The second-order valence-corrected chi connectivity index (χ2v) is 9.27. The largest absolute Gasteiger partial charge is 0.508 e. The highest BCUT2D eigenvalue weighted by Gasteiger charge is 2.48. The van der Waals surface area contributed by atoms with Gasteiger partial charge in [-0.1, -0.05) is 57.6 Å². The lowest BCUT2D eigenvalue weighted by Gasteiger charge is -2.48. The maximum absolute atomic E-state index is 15.9. The topological polar surface area (TPSA) is 29.5 Å². The lowest BCUT2D eigenvalue weighted by atomic mass is 9.58. The Hall–Kier alpha value is -1.87. The Bertz CT molecular complexity index is 811. The van der Waals surface area contributed by atoms with Crippen LogP contribution in [0.2, 0.25) is 0 Å². The quantitative estimate of drug-likeness (QED) is 0.664. The van der Waals surface area contributed by atoms with E-state index in [9.17, 15) is 5.11 Å². The average Bonchev–Trinajstić information content (AvgIpc) is 2.60. The Kier molecular flexibility index (Phi) is 4.88. The Balaban J connectivity index is 2.08. The highest BCUT2D eigenvalue weighted by molar-refractivity contribution is 5.57. The number of hydrogen-bond acceptors (Lipinski definition) is 2. The standard InChI is InChI=1S/C24H31FO2/c1-16(13-17-7-9-18(26)10-8-17)19-14-20-21(15-24(19,25)27-6)23(4,5)12-11-22(20,2)3/h7-10,13-15,19,26H,11-12H2,1-6H3. The maximum atomic E-state index is 15.9. The summed E-state index contributed by atoms with van der Waals surface area (Å²) in [5.74, 6) is -2.12. The summed E-state index contributed by atoms with van der Waals surface area (Å²) in [7, 11) is 1.44. The second-order valence-electron chi connectivity index (χ2n) is 9.27. The van der Waals surface area contributed by atoms with Gasteiger partial charge in [0.05, 0.1) is 5.92 Å². The Morgan fingerprint density at radius 3 is 2.19 bits per heavy atom. The number of methoxy groups -OCH3 is 1. The van der Waals surface area contributed by atoms with E-state index in [4.69, 9.17) is 4.74 Å². The lowest BCUT2D eigenvalue weighted by molar-refractivity contribution is -0.103. The van der Waals surface area contributed by atoms with Crippen molar-refractivity contribution >= 4 is 6.08 Å². The average molecular weight is 371 g/mol. The first-order chi connectivity index (χ1) is 12.5. The van der Waals surface area contributed by atoms with Crippen molar-refractivity contribution in [1.82, 2.24) is 0 Å². The van der Waals surface area contributed by atoms with E-state index in [1.54, 1.807) is 18.2 Å². The number of ether oxygens (including phenoxy) is 1. The molecule has 0 amide bonds. The second kappa shape index (κ2) is 6.63. The molecule has 2 nitrogen and oxygen atoms in total. The molecule has 1 N–H and O–H groups in total. The van der Waals surface area contributed by atoms with Crippen LogP contribution in [-0.4, -0.2) is 18.1 Å². The summed E-state index contributed by atoms with van der Waals surface area (Å²) in [6.45, 7) is 10.8. The number of phenols is 1. The molecule has 146 valence electrons. The normalized spacial score (nSPS) is 29.6. The van der Waals surface area contributed by atoms with Gasteiger partial charge in [-0.05, 0) is 65.5 Å². The van der Waals surface area contributed by atoms with Crippen LogP contribution in [0, 0.1) is 16.7 Å². The zero-order valence-corrected chi connectivity index (χ0v) is 17.3. The van der Waals surface area contributed by atoms with E-state index in [1.807, 2.05) is 25.1 Å². The molecule has 27 heavy (non-hydrogen) atoms. The van der Waals surface area contributed by atoms with E-state index in [1.165, 1.54) is 12.7 Å². The minimum Gasteiger partial charge on any atom is -0.508 e. The molecule has 3 heteroatoms. The van der Waals surface area contributed by atoms with Crippen molar-refractivity contribution in [2.75, 3.05) is 7.11 Å². The van der Waals surface area contributed by atoms with Gasteiger partial charge in [0.25, 0.3) is 0 Å². The number of allylic oxidation sites excluding steroid dienone is 2.